The molecular weight excluding hydrogens is 468 g/mol. The number of carbonyl (C=O) groups excluding carboxylic acids is 3. The maximum absolute atomic E-state index is 14.1. The summed E-state index contributed by atoms with van der Waals surface area (Å²) in [7, 11) is 0. The molecule has 11 heteroatoms. The number of nitrogens with zero attached hydrogens (tertiary/aromatic N) is 2. The Hall–Kier alpha value is -3.66. The normalized spacial score (nSPS) is 20.8. The summed E-state index contributed by atoms with van der Waals surface area (Å²) in [6.45, 7) is -0.0715. The van der Waals surface area contributed by atoms with E-state index in [2.05, 4.69) is 10.6 Å². The van der Waals surface area contributed by atoms with E-state index in [-0.39, 0.29) is 34.8 Å². The molecule has 1 saturated heterocycles. The first-order chi connectivity index (χ1) is 16.2. The van der Waals surface area contributed by atoms with Crippen molar-refractivity contribution in [2.45, 2.75) is 31.5 Å². The topological polar surface area (TPSA) is 109 Å². The van der Waals surface area contributed by atoms with Crippen LogP contribution in [0.15, 0.2) is 42.6 Å². The molecule has 8 nitrogen and oxygen atoms in total. The molecule has 1 aliphatic heterocycles. The molecule has 0 spiro atoms. The molecule has 2 fully saturated rings. The van der Waals surface area contributed by atoms with Gasteiger partial charge in [-0.1, -0.05) is 23.7 Å². The summed E-state index contributed by atoms with van der Waals surface area (Å²) in [5.74, 6) is -1.35. The number of amides is 4. The van der Waals surface area contributed by atoms with Crippen molar-refractivity contribution in [1.82, 2.24) is 14.8 Å². The molecule has 2 aliphatic rings. The SMILES string of the molecule is NC(=O)n1cc(NC(=O)N2C3CC3C[C@H]2C(=O)NCc2cccc(Cl)c2F)c2cc(F)ccc21. The van der Waals surface area contributed by atoms with E-state index >= 15 is 0 Å². The molecule has 5 rings (SSSR count). The van der Waals surface area contributed by atoms with E-state index in [9.17, 15) is 23.2 Å². The number of fused-ring (bicyclic) bond motifs is 2. The smallest absolute Gasteiger partial charge is 0.323 e. The first-order valence-electron chi connectivity index (χ1n) is 10.6. The van der Waals surface area contributed by atoms with Crippen molar-refractivity contribution in [3.05, 3.63) is 64.8 Å². The van der Waals surface area contributed by atoms with E-state index in [1.165, 1.54) is 41.4 Å². The first-order valence-corrected chi connectivity index (χ1v) is 11.0. The standard InChI is InChI=1S/C23H20ClF2N5O3/c24-15-3-1-2-11(20(15)26)9-28-21(32)19-7-12-6-18(12)31(19)23(34)29-16-10-30(22(27)33)17-5-4-13(25)8-14(16)17/h1-5,8,10,12,18-19H,6-7,9H2,(H2,27,33)(H,28,32)(H,29,34)/t12?,18?,19-/m0/s1. The van der Waals surface area contributed by atoms with E-state index < -0.39 is 35.6 Å². The van der Waals surface area contributed by atoms with Crippen molar-refractivity contribution >= 4 is 46.2 Å². The lowest BCUT2D eigenvalue weighted by atomic mass is 10.1. The number of halogens is 3. The summed E-state index contributed by atoms with van der Waals surface area (Å²) in [5, 5.41) is 5.64. The molecule has 3 atom stereocenters. The van der Waals surface area contributed by atoms with Crippen LogP contribution in [0.5, 0.6) is 0 Å². The Balaban J connectivity index is 1.34. The minimum absolute atomic E-state index is 0.0403. The minimum Gasteiger partial charge on any atom is -0.351 e. The number of primary amides is 1. The highest BCUT2D eigenvalue weighted by atomic mass is 35.5. The van der Waals surface area contributed by atoms with Gasteiger partial charge in [-0.05, 0) is 43.0 Å². The number of nitrogens with one attached hydrogen (secondary N) is 2. The van der Waals surface area contributed by atoms with Crippen LogP contribution in [0.1, 0.15) is 18.4 Å². The van der Waals surface area contributed by atoms with Crippen LogP contribution < -0.4 is 16.4 Å². The molecule has 4 amide bonds. The third-order valence-corrected chi connectivity index (χ3v) is 6.66. The lowest BCUT2D eigenvalue weighted by Gasteiger charge is -2.27. The van der Waals surface area contributed by atoms with Crippen molar-refractivity contribution < 1.29 is 23.2 Å². The highest BCUT2D eigenvalue weighted by Crippen LogP contribution is 2.48. The van der Waals surface area contributed by atoms with Crippen molar-refractivity contribution in [3.63, 3.8) is 0 Å². The molecular formula is C23H20ClF2N5O3. The van der Waals surface area contributed by atoms with Crippen LogP contribution >= 0.6 is 11.6 Å². The van der Waals surface area contributed by atoms with Crippen LogP contribution in [0.3, 0.4) is 0 Å². The second-order valence-electron chi connectivity index (χ2n) is 8.50. The third-order valence-electron chi connectivity index (χ3n) is 6.37. The second-order valence-corrected chi connectivity index (χ2v) is 8.90. The Morgan fingerprint density at radius 2 is 1.94 bits per heavy atom. The van der Waals surface area contributed by atoms with Crippen LogP contribution in [-0.2, 0) is 11.3 Å². The third kappa shape index (κ3) is 3.83. The molecule has 1 saturated carbocycles. The van der Waals surface area contributed by atoms with Gasteiger partial charge in [0.1, 0.15) is 17.7 Å². The lowest BCUT2D eigenvalue weighted by Crippen LogP contribution is -2.49. The molecule has 176 valence electrons. The zero-order valence-electron chi connectivity index (χ0n) is 17.7. The summed E-state index contributed by atoms with van der Waals surface area (Å²) in [6, 6.07) is 6.12. The average Bonchev–Trinajstić information content (AvgIpc) is 3.31. The van der Waals surface area contributed by atoms with Crippen molar-refractivity contribution in [2.24, 2.45) is 11.7 Å². The van der Waals surface area contributed by atoms with Gasteiger partial charge in [-0.25, -0.2) is 18.4 Å². The molecule has 1 aliphatic carbocycles. The number of benzene rings is 2. The van der Waals surface area contributed by atoms with Crippen LogP contribution in [0.25, 0.3) is 10.9 Å². The van der Waals surface area contributed by atoms with Gasteiger partial charge in [0.25, 0.3) is 0 Å². The van der Waals surface area contributed by atoms with Crippen LogP contribution in [-0.4, -0.2) is 39.5 Å². The number of urea groups is 1. The maximum atomic E-state index is 14.1. The largest absolute Gasteiger partial charge is 0.351 e. The molecule has 34 heavy (non-hydrogen) atoms. The van der Waals surface area contributed by atoms with Crippen LogP contribution in [0.4, 0.5) is 24.1 Å². The van der Waals surface area contributed by atoms with Gasteiger partial charge in [0, 0.05) is 29.7 Å². The highest BCUT2D eigenvalue weighted by molar-refractivity contribution is 6.30. The number of hydrogen-bond donors (Lipinski definition) is 3. The summed E-state index contributed by atoms with van der Waals surface area (Å²) in [4.78, 5) is 39.3. The number of hydrogen-bond acceptors (Lipinski definition) is 3. The molecule has 3 aromatic rings. The van der Waals surface area contributed by atoms with Gasteiger partial charge in [-0.15, -0.1) is 0 Å². The van der Waals surface area contributed by atoms with Gasteiger partial charge in [0.05, 0.1) is 16.2 Å². The van der Waals surface area contributed by atoms with Crippen molar-refractivity contribution in [1.29, 1.82) is 0 Å². The van der Waals surface area contributed by atoms with Gasteiger partial charge >= 0.3 is 12.1 Å². The maximum Gasteiger partial charge on any atom is 0.323 e. The fourth-order valence-corrected chi connectivity index (χ4v) is 4.83. The van der Waals surface area contributed by atoms with Crippen molar-refractivity contribution in [2.75, 3.05) is 5.32 Å². The quantitative estimate of drug-likeness (QED) is 0.520. The Bertz CT molecular complexity index is 1340. The lowest BCUT2D eigenvalue weighted by molar-refractivity contribution is -0.125. The Morgan fingerprint density at radius 3 is 2.71 bits per heavy atom. The predicted octanol–water partition coefficient (Wildman–Crippen LogP) is 3.81. The first kappa shape index (κ1) is 22.1. The zero-order valence-corrected chi connectivity index (χ0v) is 18.5. The number of aromatic nitrogens is 1. The van der Waals surface area contributed by atoms with Gasteiger partial charge in [0.15, 0.2) is 0 Å². The van der Waals surface area contributed by atoms with Crippen molar-refractivity contribution in [3.8, 4) is 0 Å². The summed E-state index contributed by atoms with van der Waals surface area (Å²) in [6.07, 6.45) is 2.58. The number of likely N-dealkylation sites (tertiary alicyclic amines) is 1. The van der Waals surface area contributed by atoms with E-state index in [1.807, 2.05) is 0 Å². The van der Waals surface area contributed by atoms with E-state index in [0.29, 0.717) is 17.3 Å². The second kappa shape index (κ2) is 8.28. The van der Waals surface area contributed by atoms with Gasteiger partial charge in [-0.3, -0.25) is 9.36 Å². The molecule has 2 unspecified atom stereocenters. The molecule has 1 aromatic heterocycles. The highest BCUT2D eigenvalue weighted by Gasteiger charge is 2.56. The molecule has 0 bridgehead atoms. The van der Waals surface area contributed by atoms with E-state index in [1.54, 1.807) is 6.07 Å². The molecule has 0 radical (unpaired) electrons. The average molecular weight is 488 g/mol. The number of anilines is 1. The summed E-state index contributed by atoms with van der Waals surface area (Å²) < 4.78 is 29.1. The Labute approximate surface area is 197 Å². The fourth-order valence-electron chi connectivity index (χ4n) is 4.63. The Kier molecular flexibility index (Phi) is 5.40. The minimum atomic E-state index is -0.786. The zero-order chi connectivity index (χ0) is 24.1. The van der Waals surface area contributed by atoms with Crippen LogP contribution in [0, 0.1) is 17.6 Å². The van der Waals surface area contributed by atoms with Gasteiger partial charge in [0.2, 0.25) is 5.91 Å². The molecule has 4 N–H and O–H groups in total. The monoisotopic (exact) mass is 487 g/mol. The number of carbonyl (C=O) groups is 3. The fraction of sp³-hybridized carbons (Fsp3) is 0.261. The Morgan fingerprint density at radius 1 is 1.15 bits per heavy atom. The van der Waals surface area contributed by atoms with Crippen LogP contribution in [0.2, 0.25) is 5.02 Å². The van der Waals surface area contributed by atoms with E-state index in [0.717, 1.165) is 11.0 Å². The van der Waals surface area contributed by atoms with E-state index in [4.69, 9.17) is 17.3 Å². The van der Waals surface area contributed by atoms with Gasteiger partial charge < -0.3 is 21.3 Å². The molecule has 2 heterocycles. The summed E-state index contributed by atoms with van der Waals surface area (Å²) in [5.41, 5.74) is 6.17. The number of piperidine rings is 1. The van der Waals surface area contributed by atoms with Gasteiger partial charge in [-0.2, -0.15) is 0 Å². The number of nitrogens with two attached hydrogens (primary N) is 1. The molecule has 2 aromatic carbocycles. The summed E-state index contributed by atoms with van der Waals surface area (Å²) >= 11 is 5.79. The number of rotatable bonds is 4. The predicted molar refractivity (Wildman–Crippen MR) is 121 cm³/mol.